The smallest absolute Gasteiger partial charge is 0.317 e. The fraction of sp³-hybridized carbons (Fsp3) is 0.533. The Balaban J connectivity index is 2.61. The van der Waals surface area contributed by atoms with E-state index in [9.17, 15) is 9.90 Å². The highest BCUT2D eigenvalue weighted by molar-refractivity contribution is 6.30. The molecule has 0 aliphatic rings. The maximum Gasteiger partial charge on any atom is 0.317 e. The molecule has 0 aromatic heterocycles. The lowest BCUT2D eigenvalue weighted by Crippen LogP contribution is -2.45. The van der Waals surface area contributed by atoms with Crippen molar-refractivity contribution in [1.82, 2.24) is 10.2 Å². The number of nitrogens with zero attached hydrogens (tertiary/aromatic N) is 1. The van der Waals surface area contributed by atoms with E-state index in [-0.39, 0.29) is 11.4 Å². The van der Waals surface area contributed by atoms with E-state index in [0.717, 1.165) is 5.56 Å². The van der Waals surface area contributed by atoms with Crippen LogP contribution >= 0.6 is 11.6 Å². The number of hydrogen-bond acceptors (Lipinski definition) is 2. The zero-order valence-electron chi connectivity index (χ0n) is 12.5. The second-order valence-electron chi connectivity index (χ2n) is 5.78. The largest absolute Gasteiger partial charge is 0.392 e. The van der Waals surface area contributed by atoms with Crippen molar-refractivity contribution in [2.24, 2.45) is 0 Å². The third-order valence-corrected chi connectivity index (χ3v) is 3.41. The molecule has 1 unspecified atom stereocenters. The van der Waals surface area contributed by atoms with Crippen LogP contribution < -0.4 is 5.32 Å². The first-order valence-corrected chi connectivity index (χ1v) is 7.03. The van der Waals surface area contributed by atoms with Crippen LogP contribution in [0, 0.1) is 0 Å². The summed E-state index contributed by atoms with van der Waals surface area (Å²) < 4.78 is 0. The molecule has 1 aromatic carbocycles. The number of aliphatic hydroxyl groups excluding tert-OH is 1. The maximum atomic E-state index is 11.9. The number of rotatable bonds is 5. The Hall–Kier alpha value is -1.26. The van der Waals surface area contributed by atoms with Crippen LogP contribution in [0.4, 0.5) is 4.79 Å². The molecular formula is C15H23ClN2O2. The Kier molecular flexibility index (Phi) is 5.84. The van der Waals surface area contributed by atoms with Gasteiger partial charge in [-0.05, 0) is 24.6 Å². The second-order valence-corrected chi connectivity index (χ2v) is 6.22. The van der Waals surface area contributed by atoms with Gasteiger partial charge in [-0.1, -0.05) is 37.6 Å². The lowest BCUT2D eigenvalue weighted by molar-refractivity contribution is 0.143. The summed E-state index contributed by atoms with van der Waals surface area (Å²) in [6.45, 7) is 6.56. The summed E-state index contributed by atoms with van der Waals surface area (Å²) in [6.07, 6.45) is -0.535. The normalized spacial score (nSPS) is 12.9. The van der Waals surface area contributed by atoms with E-state index >= 15 is 0 Å². The standard InChI is InChI=1S/C15H23ClN2O2/c1-11(19)9-18(4)14(20)17-10-15(2,3)12-6-5-7-13(16)8-12/h5-8,11,19H,9-10H2,1-4H3,(H,17,20). The minimum absolute atomic E-state index is 0.194. The molecule has 4 nitrogen and oxygen atoms in total. The lowest BCUT2D eigenvalue weighted by Gasteiger charge is -2.28. The van der Waals surface area contributed by atoms with E-state index in [4.69, 9.17) is 11.6 Å². The summed E-state index contributed by atoms with van der Waals surface area (Å²) in [5.74, 6) is 0. The van der Waals surface area contributed by atoms with Crippen molar-refractivity contribution >= 4 is 17.6 Å². The first kappa shape index (κ1) is 16.8. The van der Waals surface area contributed by atoms with Gasteiger partial charge in [0.05, 0.1) is 6.10 Å². The van der Waals surface area contributed by atoms with E-state index in [2.05, 4.69) is 5.32 Å². The van der Waals surface area contributed by atoms with E-state index in [1.807, 2.05) is 38.1 Å². The maximum absolute atomic E-state index is 11.9. The summed E-state index contributed by atoms with van der Waals surface area (Å²) in [5.41, 5.74) is 0.857. The molecule has 0 saturated heterocycles. The number of hydrogen-bond donors (Lipinski definition) is 2. The average Bonchev–Trinajstić information content (AvgIpc) is 2.35. The van der Waals surface area contributed by atoms with Crippen molar-refractivity contribution in [2.75, 3.05) is 20.1 Å². The first-order valence-electron chi connectivity index (χ1n) is 6.65. The Morgan fingerprint density at radius 2 is 2.15 bits per heavy atom. The molecule has 0 fully saturated rings. The van der Waals surface area contributed by atoms with Crippen LogP contribution in [0.5, 0.6) is 0 Å². The summed E-state index contributed by atoms with van der Waals surface area (Å²) in [7, 11) is 1.66. The van der Waals surface area contributed by atoms with Crippen LogP contribution in [-0.2, 0) is 5.41 Å². The summed E-state index contributed by atoms with van der Waals surface area (Å²) >= 11 is 6.00. The minimum atomic E-state index is -0.535. The van der Waals surface area contributed by atoms with E-state index < -0.39 is 6.10 Å². The van der Waals surface area contributed by atoms with Gasteiger partial charge in [-0.25, -0.2) is 4.79 Å². The fourth-order valence-electron chi connectivity index (χ4n) is 1.92. The molecule has 2 N–H and O–H groups in total. The molecule has 0 bridgehead atoms. The average molecular weight is 299 g/mol. The molecule has 1 aromatic rings. The Labute approximate surface area is 125 Å². The number of nitrogens with one attached hydrogen (secondary N) is 1. The van der Waals surface area contributed by atoms with Crippen LogP contribution in [0.3, 0.4) is 0 Å². The van der Waals surface area contributed by atoms with Crippen LogP contribution in [0.15, 0.2) is 24.3 Å². The Morgan fingerprint density at radius 3 is 2.70 bits per heavy atom. The molecule has 0 heterocycles. The highest BCUT2D eigenvalue weighted by atomic mass is 35.5. The predicted molar refractivity (Wildman–Crippen MR) is 82.2 cm³/mol. The third-order valence-electron chi connectivity index (χ3n) is 3.17. The zero-order chi connectivity index (χ0) is 15.3. The van der Waals surface area contributed by atoms with Gasteiger partial charge in [0.15, 0.2) is 0 Å². The summed E-state index contributed by atoms with van der Waals surface area (Å²) in [6, 6.07) is 7.45. The molecular weight excluding hydrogens is 276 g/mol. The number of carbonyl (C=O) groups is 1. The van der Waals surface area contributed by atoms with Gasteiger partial charge in [0.25, 0.3) is 0 Å². The fourth-order valence-corrected chi connectivity index (χ4v) is 2.11. The molecule has 0 radical (unpaired) electrons. The molecule has 0 spiro atoms. The second kappa shape index (κ2) is 6.95. The van der Waals surface area contributed by atoms with Gasteiger partial charge in [0.2, 0.25) is 0 Å². The predicted octanol–water partition coefficient (Wildman–Crippen LogP) is 2.64. The van der Waals surface area contributed by atoms with Crippen molar-refractivity contribution in [2.45, 2.75) is 32.3 Å². The van der Waals surface area contributed by atoms with Crippen molar-refractivity contribution < 1.29 is 9.90 Å². The lowest BCUT2D eigenvalue weighted by atomic mass is 9.84. The van der Waals surface area contributed by atoms with Gasteiger partial charge in [-0.2, -0.15) is 0 Å². The van der Waals surface area contributed by atoms with Gasteiger partial charge >= 0.3 is 6.03 Å². The number of aliphatic hydroxyl groups is 1. The topological polar surface area (TPSA) is 52.6 Å². The van der Waals surface area contributed by atoms with Crippen molar-refractivity contribution in [3.05, 3.63) is 34.9 Å². The number of likely N-dealkylation sites (N-methyl/N-ethyl adjacent to an activating group) is 1. The van der Waals surface area contributed by atoms with Crippen LogP contribution in [0.25, 0.3) is 0 Å². The minimum Gasteiger partial charge on any atom is -0.392 e. The Bertz CT molecular complexity index is 461. The molecule has 0 aliphatic heterocycles. The molecule has 1 rings (SSSR count). The third kappa shape index (κ3) is 5.02. The van der Waals surface area contributed by atoms with Gasteiger partial charge in [-0.15, -0.1) is 0 Å². The quantitative estimate of drug-likeness (QED) is 0.878. The van der Waals surface area contributed by atoms with Gasteiger partial charge in [0, 0.05) is 30.6 Å². The molecule has 2 amide bonds. The summed E-state index contributed by atoms with van der Waals surface area (Å²) in [4.78, 5) is 13.4. The molecule has 20 heavy (non-hydrogen) atoms. The number of benzene rings is 1. The highest BCUT2D eigenvalue weighted by Gasteiger charge is 2.22. The SMILES string of the molecule is CC(O)CN(C)C(=O)NCC(C)(C)c1cccc(Cl)c1. The number of halogens is 1. The van der Waals surface area contributed by atoms with E-state index in [1.54, 1.807) is 14.0 Å². The van der Waals surface area contributed by atoms with Crippen LogP contribution in [-0.4, -0.2) is 42.3 Å². The summed E-state index contributed by atoms with van der Waals surface area (Å²) in [5, 5.41) is 12.8. The Morgan fingerprint density at radius 1 is 1.50 bits per heavy atom. The number of carbonyl (C=O) groups excluding carboxylic acids is 1. The first-order chi connectivity index (χ1) is 9.22. The number of amides is 2. The van der Waals surface area contributed by atoms with Gasteiger partial charge < -0.3 is 15.3 Å². The van der Waals surface area contributed by atoms with Gasteiger partial charge in [0.1, 0.15) is 0 Å². The van der Waals surface area contributed by atoms with Crippen molar-refractivity contribution in [1.29, 1.82) is 0 Å². The molecule has 5 heteroatoms. The zero-order valence-corrected chi connectivity index (χ0v) is 13.2. The van der Waals surface area contributed by atoms with Crippen molar-refractivity contribution in [3.63, 3.8) is 0 Å². The van der Waals surface area contributed by atoms with E-state index in [0.29, 0.717) is 18.1 Å². The monoisotopic (exact) mass is 298 g/mol. The van der Waals surface area contributed by atoms with E-state index in [1.165, 1.54) is 4.90 Å². The highest BCUT2D eigenvalue weighted by Crippen LogP contribution is 2.24. The van der Waals surface area contributed by atoms with Gasteiger partial charge in [-0.3, -0.25) is 0 Å². The van der Waals surface area contributed by atoms with Crippen LogP contribution in [0.1, 0.15) is 26.3 Å². The molecule has 0 aliphatic carbocycles. The number of urea groups is 1. The van der Waals surface area contributed by atoms with Crippen LogP contribution in [0.2, 0.25) is 5.02 Å². The molecule has 0 saturated carbocycles. The molecule has 112 valence electrons. The van der Waals surface area contributed by atoms with Crippen molar-refractivity contribution in [3.8, 4) is 0 Å². The molecule has 1 atom stereocenters.